The molecule has 0 bridgehead atoms. The lowest BCUT2D eigenvalue weighted by atomic mass is 10.2. The highest BCUT2D eigenvalue weighted by atomic mass is 32.2. The van der Waals surface area contributed by atoms with E-state index in [1.807, 2.05) is 6.92 Å². The minimum atomic E-state index is -4.37. The lowest BCUT2D eigenvalue weighted by Gasteiger charge is -2.07. The lowest BCUT2D eigenvalue weighted by molar-refractivity contribution is -0.137. The summed E-state index contributed by atoms with van der Waals surface area (Å²) in [4.78, 5) is 0.245. The van der Waals surface area contributed by atoms with Crippen LogP contribution in [0, 0.1) is 0 Å². The molecule has 2 nitrogen and oxygen atoms in total. The van der Waals surface area contributed by atoms with Gasteiger partial charge in [-0.25, -0.2) is 4.21 Å². The first-order valence-corrected chi connectivity index (χ1v) is 6.25. The van der Waals surface area contributed by atoms with Crippen LogP contribution < -0.4 is 0 Å². The van der Waals surface area contributed by atoms with Crippen LogP contribution in [0.25, 0.3) is 0 Å². The molecule has 0 radical (unpaired) electrons. The Morgan fingerprint density at radius 1 is 1.24 bits per heavy atom. The Kier molecular flexibility index (Phi) is 5.14. The number of alkyl halides is 3. The van der Waals surface area contributed by atoms with Crippen molar-refractivity contribution in [2.24, 2.45) is 0 Å². The minimum absolute atomic E-state index is 0.245. The minimum Gasteiger partial charge on any atom is -0.287 e. The summed E-state index contributed by atoms with van der Waals surface area (Å²) < 4.78 is 53.3. The van der Waals surface area contributed by atoms with Crippen molar-refractivity contribution in [2.45, 2.75) is 30.8 Å². The molecule has 0 aromatic heterocycles. The van der Waals surface area contributed by atoms with Gasteiger partial charge in [0.2, 0.25) is 0 Å². The Morgan fingerprint density at radius 3 is 2.29 bits per heavy atom. The van der Waals surface area contributed by atoms with Crippen molar-refractivity contribution in [3.05, 3.63) is 29.8 Å². The van der Waals surface area contributed by atoms with Gasteiger partial charge >= 0.3 is 6.18 Å². The zero-order valence-corrected chi connectivity index (χ0v) is 10.1. The van der Waals surface area contributed by atoms with Gasteiger partial charge < -0.3 is 0 Å². The molecule has 1 aromatic rings. The van der Waals surface area contributed by atoms with Gasteiger partial charge in [-0.3, -0.25) is 4.18 Å². The van der Waals surface area contributed by atoms with Crippen molar-refractivity contribution in [1.29, 1.82) is 0 Å². The summed E-state index contributed by atoms with van der Waals surface area (Å²) in [7, 11) is 0. The van der Waals surface area contributed by atoms with E-state index >= 15 is 0 Å². The molecular weight excluding hydrogens is 253 g/mol. The average Bonchev–Trinajstić information content (AvgIpc) is 2.28. The third kappa shape index (κ3) is 4.47. The number of rotatable bonds is 5. The lowest BCUT2D eigenvalue weighted by Crippen LogP contribution is -2.05. The Hall–Kier alpha value is -0.880. The van der Waals surface area contributed by atoms with Crippen molar-refractivity contribution in [2.75, 3.05) is 6.61 Å². The first-order valence-electron chi connectivity index (χ1n) is 5.17. The normalized spacial score (nSPS) is 13.6. The van der Waals surface area contributed by atoms with Gasteiger partial charge in [0, 0.05) is 0 Å². The maximum atomic E-state index is 12.3. The smallest absolute Gasteiger partial charge is 0.287 e. The average molecular weight is 266 g/mol. The highest BCUT2D eigenvalue weighted by Crippen LogP contribution is 2.29. The van der Waals surface area contributed by atoms with Gasteiger partial charge in [-0.15, -0.1) is 0 Å². The monoisotopic (exact) mass is 266 g/mol. The van der Waals surface area contributed by atoms with Crippen LogP contribution in [0.3, 0.4) is 0 Å². The van der Waals surface area contributed by atoms with Gasteiger partial charge in [0.15, 0.2) is 11.1 Å². The molecule has 6 heteroatoms. The molecule has 0 N–H and O–H groups in total. The quantitative estimate of drug-likeness (QED) is 0.762. The fourth-order valence-electron chi connectivity index (χ4n) is 1.10. The van der Waals surface area contributed by atoms with E-state index in [9.17, 15) is 17.4 Å². The number of hydrogen-bond donors (Lipinski definition) is 0. The summed E-state index contributed by atoms with van der Waals surface area (Å²) in [5, 5.41) is 0. The number of unbranched alkanes of at least 4 members (excludes halogenated alkanes) is 1. The van der Waals surface area contributed by atoms with Crippen molar-refractivity contribution >= 4 is 11.1 Å². The Labute approximate surface area is 100 Å². The second kappa shape index (κ2) is 6.16. The first kappa shape index (κ1) is 14.2. The molecule has 0 aliphatic heterocycles. The molecule has 0 fully saturated rings. The van der Waals surface area contributed by atoms with Crippen LogP contribution >= 0.6 is 0 Å². The highest BCUT2D eigenvalue weighted by Gasteiger charge is 2.30. The van der Waals surface area contributed by atoms with Crippen molar-refractivity contribution in [3.8, 4) is 0 Å². The molecular formula is C11H13F3O2S. The number of hydrogen-bond acceptors (Lipinski definition) is 2. The van der Waals surface area contributed by atoms with Crippen LogP contribution in [-0.4, -0.2) is 10.8 Å². The van der Waals surface area contributed by atoms with Gasteiger partial charge in [-0.2, -0.15) is 13.2 Å². The van der Waals surface area contributed by atoms with E-state index in [1.165, 1.54) is 12.1 Å². The summed E-state index contributed by atoms with van der Waals surface area (Å²) >= 11 is -1.69. The van der Waals surface area contributed by atoms with Crippen LogP contribution in [0.4, 0.5) is 13.2 Å². The maximum Gasteiger partial charge on any atom is 0.416 e. The topological polar surface area (TPSA) is 26.3 Å². The molecule has 0 aliphatic carbocycles. The fraction of sp³-hybridized carbons (Fsp3) is 0.455. The molecule has 0 saturated carbocycles. The SMILES string of the molecule is CCCCOS(=O)c1ccc(C(F)(F)F)cc1. The van der Waals surface area contributed by atoms with Gasteiger partial charge in [0.05, 0.1) is 17.1 Å². The van der Waals surface area contributed by atoms with E-state index in [2.05, 4.69) is 0 Å². The van der Waals surface area contributed by atoms with Gasteiger partial charge in [-0.05, 0) is 30.7 Å². The molecule has 1 aromatic carbocycles. The molecule has 0 amide bonds. The largest absolute Gasteiger partial charge is 0.416 e. The summed E-state index contributed by atoms with van der Waals surface area (Å²) in [5.74, 6) is 0. The molecule has 96 valence electrons. The van der Waals surface area contributed by atoms with Crippen LogP contribution in [0.5, 0.6) is 0 Å². The summed E-state index contributed by atoms with van der Waals surface area (Å²) in [6.45, 7) is 2.30. The Balaban J connectivity index is 2.64. The zero-order chi connectivity index (χ0) is 12.9. The zero-order valence-electron chi connectivity index (χ0n) is 9.29. The summed E-state index contributed by atoms with van der Waals surface area (Å²) in [6, 6.07) is 4.14. The van der Waals surface area contributed by atoms with Crippen LogP contribution in [-0.2, 0) is 21.4 Å². The second-order valence-electron chi connectivity index (χ2n) is 3.43. The van der Waals surface area contributed by atoms with Crippen LogP contribution in [0.2, 0.25) is 0 Å². The molecule has 1 unspecified atom stereocenters. The number of benzene rings is 1. The van der Waals surface area contributed by atoms with Crippen LogP contribution in [0.15, 0.2) is 29.2 Å². The molecule has 0 saturated heterocycles. The maximum absolute atomic E-state index is 12.3. The third-order valence-electron chi connectivity index (χ3n) is 2.06. The van der Waals surface area contributed by atoms with Crippen molar-refractivity contribution in [1.82, 2.24) is 0 Å². The van der Waals surface area contributed by atoms with Gasteiger partial charge in [0.1, 0.15) is 0 Å². The molecule has 17 heavy (non-hydrogen) atoms. The van der Waals surface area contributed by atoms with Crippen molar-refractivity contribution < 1.29 is 21.6 Å². The van der Waals surface area contributed by atoms with E-state index in [0.717, 1.165) is 25.0 Å². The Bertz CT molecular complexity index is 373. The second-order valence-corrected chi connectivity index (χ2v) is 4.61. The molecule has 1 atom stereocenters. The summed E-state index contributed by atoms with van der Waals surface area (Å²) in [5.41, 5.74) is -0.758. The predicted molar refractivity (Wildman–Crippen MR) is 58.7 cm³/mol. The molecule has 1 rings (SSSR count). The standard InChI is InChI=1S/C11H13F3O2S/c1-2-3-8-16-17(15)10-6-4-9(5-7-10)11(12,13)14/h4-7H,2-3,8H2,1H3. The molecule has 0 aliphatic rings. The fourth-order valence-corrected chi connectivity index (χ4v) is 1.87. The molecule has 0 spiro atoms. The number of halogens is 3. The van der Waals surface area contributed by atoms with E-state index in [0.29, 0.717) is 6.61 Å². The summed E-state index contributed by atoms with van der Waals surface area (Å²) in [6.07, 6.45) is -2.69. The van der Waals surface area contributed by atoms with E-state index in [4.69, 9.17) is 4.18 Å². The highest BCUT2D eigenvalue weighted by molar-refractivity contribution is 7.80. The van der Waals surface area contributed by atoms with Gasteiger partial charge in [-0.1, -0.05) is 13.3 Å². The Morgan fingerprint density at radius 2 is 1.82 bits per heavy atom. The first-order chi connectivity index (χ1) is 7.95. The van der Waals surface area contributed by atoms with Crippen molar-refractivity contribution in [3.63, 3.8) is 0 Å². The van der Waals surface area contributed by atoms with E-state index in [-0.39, 0.29) is 4.90 Å². The van der Waals surface area contributed by atoms with Gasteiger partial charge in [0.25, 0.3) is 0 Å². The van der Waals surface area contributed by atoms with E-state index in [1.54, 1.807) is 0 Å². The molecule has 0 heterocycles. The van der Waals surface area contributed by atoms with E-state index < -0.39 is 22.8 Å². The third-order valence-corrected chi connectivity index (χ3v) is 3.10. The predicted octanol–water partition coefficient (Wildman–Crippen LogP) is 3.54. The van der Waals surface area contributed by atoms with Crippen LogP contribution in [0.1, 0.15) is 25.3 Å².